The highest BCUT2D eigenvalue weighted by Gasteiger charge is 2.32. The van der Waals surface area contributed by atoms with Crippen LogP contribution in [0.25, 0.3) is 21.3 Å². The largest absolute Gasteiger partial charge is 0.493 e. The number of rotatable bonds is 4. The second-order valence-corrected chi connectivity index (χ2v) is 10.5. The number of carbonyl (C=O) groups excluding carboxylic acids is 2. The normalized spacial score (nSPS) is 21.2. The smallest absolute Gasteiger partial charge is 0.230 e. The Morgan fingerprint density at radius 2 is 1.91 bits per heavy atom. The van der Waals surface area contributed by atoms with Gasteiger partial charge in [-0.3, -0.25) is 24.4 Å². The lowest BCUT2D eigenvalue weighted by atomic mass is 9.90. The van der Waals surface area contributed by atoms with Crippen molar-refractivity contribution in [2.45, 2.75) is 31.8 Å². The maximum Gasteiger partial charge on any atom is 0.230 e. The zero-order valence-electron chi connectivity index (χ0n) is 18.7. The number of nitrogens with one attached hydrogen (secondary N) is 1. The number of hydrogen-bond acceptors (Lipinski definition) is 7. The third kappa shape index (κ3) is 3.88. The van der Waals surface area contributed by atoms with E-state index in [1.165, 1.54) is 10.5 Å². The second kappa shape index (κ2) is 8.92. The number of thiophene rings is 1. The van der Waals surface area contributed by atoms with Crippen LogP contribution in [0.5, 0.6) is 5.75 Å². The van der Waals surface area contributed by atoms with Gasteiger partial charge in [0.2, 0.25) is 11.8 Å². The van der Waals surface area contributed by atoms with Crippen LogP contribution in [0.4, 0.5) is 0 Å². The lowest BCUT2D eigenvalue weighted by Gasteiger charge is -2.39. The van der Waals surface area contributed by atoms with Crippen LogP contribution in [0.15, 0.2) is 30.5 Å². The van der Waals surface area contributed by atoms with E-state index in [4.69, 9.17) is 16.3 Å². The van der Waals surface area contributed by atoms with Crippen molar-refractivity contribution < 1.29 is 14.3 Å². The van der Waals surface area contributed by atoms with Gasteiger partial charge in [-0.2, -0.15) is 0 Å². The molecule has 34 heavy (non-hydrogen) atoms. The van der Waals surface area contributed by atoms with Gasteiger partial charge in [0.25, 0.3) is 0 Å². The number of halogens is 1. The number of imide groups is 1. The standard InChI is InChI=1S/C25H25ClN4O3S/c26-15-11-18(24-20(4-10-33-21(24)12-15)29-8-6-27-7-9-29)17-3-5-28-19-13-16(34-25(17)19)14-30-22(31)1-2-23(30)32/h3,5,11-13,20,27H,1-2,4,6-10,14H2/t20-/m1/s1. The first-order valence-electron chi connectivity index (χ1n) is 11.7. The zero-order chi connectivity index (χ0) is 23.2. The fraction of sp³-hybridized carbons (Fsp3) is 0.400. The Morgan fingerprint density at radius 3 is 2.71 bits per heavy atom. The van der Waals surface area contributed by atoms with Crippen molar-refractivity contribution in [2.24, 2.45) is 0 Å². The second-order valence-electron chi connectivity index (χ2n) is 8.96. The lowest BCUT2D eigenvalue weighted by Crippen LogP contribution is -2.46. The summed E-state index contributed by atoms with van der Waals surface area (Å²) < 4.78 is 7.13. The average molecular weight is 497 g/mol. The molecule has 0 saturated carbocycles. The molecular formula is C25H25ClN4O3S. The molecular weight excluding hydrogens is 472 g/mol. The van der Waals surface area contributed by atoms with Crippen molar-refractivity contribution in [2.75, 3.05) is 32.8 Å². The molecule has 0 radical (unpaired) electrons. The van der Waals surface area contributed by atoms with Gasteiger partial charge in [0.15, 0.2) is 0 Å². The van der Waals surface area contributed by atoms with E-state index >= 15 is 0 Å². The summed E-state index contributed by atoms with van der Waals surface area (Å²) in [5, 5.41) is 4.09. The number of likely N-dealkylation sites (tertiary alicyclic amines) is 1. The van der Waals surface area contributed by atoms with E-state index in [0.717, 1.165) is 64.6 Å². The van der Waals surface area contributed by atoms with Crippen LogP contribution in [-0.4, -0.2) is 59.4 Å². The fourth-order valence-electron chi connectivity index (χ4n) is 5.30. The summed E-state index contributed by atoms with van der Waals surface area (Å²) in [5.74, 6) is 0.651. The average Bonchev–Trinajstić information content (AvgIpc) is 3.41. The van der Waals surface area contributed by atoms with E-state index in [1.54, 1.807) is 11.3 Å². The number of hydrogen-bond donors (Lipinski definition) is 1. The van der Waals surface area contributed by atoms with Crippen LogP contribution in [0, 0.1) is 0 Å². The van der Waals surface area contributed by atoms with Gasteiger partial charge in [0, 0.05) is 78.7 Å². The quantitative estimate of drug-likeness (QED) is 0.550. The molecule has 2 fully saturated rings. The molecule has 3 aliphatic rings. The Hall–Kier alpha value is -2.52. The number of benzene rings is 1. The number of carbonyl (C=O) groups is 2. The van der Waals surface area contributed by atoms with Crippen LogP contribution >= 0.6 is 22.9 Å². The zero-order valence-corrected chi connectivity index (χ0v) is 20.3. The number of nitrogens with zero attached hydrogens (tertiary/aromatic N) is 3. The maximum atomic E-state index is 12.1. The molecule has 1 N–H and O–H groups in total. The lowest BCUT2D eigenvalue weighted by molar-refractivity contribution is -0.138. The molecule has 9 heteroatoms. The number of aromatic nitrogens is 1. The molecule has 0 aliphatic carbocycles. The molecule has 3 aromatic rings. The first-order valence-corrected chi connectivity index (χ1v) is 12.9. The summed E-state index contributed by atoms with van der Waals surface area (Å²) in [5.41, 5.74) is 4.18. The third-order valence-corrected chi connectivity index (χ3v) is 8.26. The number of fused-ring (bicyclic) bond motifs is 2. The Kier molecular flexibility index (Phi) is 5.77. The predicted molar refractivity (Wildman–Crippen MR) is 132 cm³/mol. The Balaban J connectivity index is 1.45. The van der Waals surface area contributed by atoms with Gasteiger partial charge in [-0.15, -0.1) is 11.3 Å². The summed E-state index contributed by atoms with van der Waals surface area (Å²) in [6.07, 6.45) is 3.35. The van der Waals surface area contributed by atoms with Crippen LogP contribution < -0.4 is 10.1 Å². The van der Waals surface area contributed by atoms with Crippen molar-refractivity contribution in [3.05, 3.63) is 45.9 Å². The number of amides is 2. The van der Waals surface area contributed by atoms with E-state index in [9.17, 15) is 9.59 Å². The molecule has 6 rings (SSSR count). The first-order chi connectivity index (χ1) is 16.6. The highest BCUT2D eigenvalue weighted by molar-refractivity contribution is 7.19. The van der Waals surface area contributed by atoms with Gasteiger partial charge >= 0.3 is 0 Å². The van der Waals surface area contributed by atoms with E-state index in [1.807, 2.05) is 30.5 Å². The molecule has 5 heterocycles. The molecule has 3 aliphatic heterocycles. The van der Waals surface area contributed by atoms with Gasteiger partial charge in [0.1, 0.15) is 5.75 Å². The SMILES string of the molecule is O=C1CCC(=O)N1Cc1cc2nccc(-c3cc(Cl)cc4c3[C@H](N3CCNCC3)CCO4)c2s1. The van der Waals surface area contributed by atoms with Crippen molar-refractivity contribution in [3.8, 4) is 16.9 Å². The molecule has 2 saturated heterocycles. The molecule has 176 valence electrons. The summed E-state index contributed by atoms with van der Waals surface area (Å²) >= 11 is 8.16. The molecule has 7 nitrogen and oxygen atoms in total. The maximum absolute atomic E-state index is 12.1. The number of ether oxygens (including phenoxy) is 1. The summed E-state index contributed by atoms with van der Waals surface area (Å²) in [7, 11) is 0. The van der Waals surface area contributed by atoms with Gasteiger partial charge in [-0.1, -0.05) is 11.6 Å². The van der Waals surface area contributed by atoms with Gasteiger partial charge < -0.3 is 10.1 Å². The topological polar surface area (TPSA) is 74.8 Å². The summed E-state index contributed by atoms with van der Waals surface area (Å²) in [6, 6.07) is 8.25. The molecule has 2 aromatic heterocycles. The number of piperazine rings is 1. The van der Waals surface area contributed by atoms with Gasteiger partial charge in [-0.25, -0.2) is 0 Å². The summed E-state index contributed by atoms with van der Waals surface area (Å²) in [4.78, 5) is 33.7. The summed E-state index contributed by atoms with van der Waals surface area (Å²) in [6.45, 7) is 4.94. The molecule has 1 aromatic carbocycles. The van der Waals surface area contributed by atoms with E-state index in [-0.39, 0.29) is 17.9 Å². The molecule has 0 bridgehead atoms. The van der Waals surface area contributed by atoms with Crippen LogP contribution in [0.2, 0.25) is 5.02 Å². The van der Waals surface area contributed by atoms with E-state index < -0.39 is 0 Å². The van der Waals surface area contributed by atoms with Crippen LogP contribution in [0.1, 0.15) is 35.7 Å². The Bertz CT molecular complexity index is 1270. The van der Waals surface area contributed by atoms with E-state index in [2.05, 4.69) is 15.2 Å². The minimum atomic E-state index is -0.101. The van der Waals surface area contributed by atoms with Crippen molar-refractivity contribution in [3.63, 3.8) is 0 Å². The molecule has 1 atom stereocenters. The Labute approximate surface area is 206 Å². The predicted octanol–water partition coefficient (Wildman–Crippen LogP) is 3.99. The monoisotopic (exact) mass is 496 g/mol. The molecule has 2 amide bonds. The minimum absolute atomic E-state index is 0.101. The number of pyridine rings is 1. The first kappa shape index (κ1) is 22.0. The highest BCUT2D eigenvalue weighted by Crippen LogP contribution is 2.46. The van der Waals surface area contributed by atoms with Gasteiger partial charge in [-0.05, 0) is 29.8 Å². The Morgan fingerprint density at radius 1 is 1.12 bits per heavy atom. The van der Waals surface area contributed by atoms with Crippen molar-refractivity contribution in [1.82, 2.24) is 20.1 Å². The third-order valence-electron chi connectivity index (χ3n) is 6.90. The molecule has 0 spiro atoms. The highest BCUT2D eigenvalue weighted by atomic mass is 35.5. The van der Waals surface area contributed by atoms with Gasteiger partial charge in [0.05, 0.1) is 23.4 Å². The molecule has 0 unspecified atom stereocenters. The van der Waals surface area contributed by atoms with Crippen molar-refractivity contribution >= 4 is 45.0 Å². The van der Waals surface area contributed by atoms with Crippen LogP contribution in [-0.2, 0) is 16.1 Å². The minimum Gasteiger partial charge on any atom is -0.493 e. The van der Waals surface area contributed by atoms with E-state index in [0.29, 0.717) is 31.0 Å². The fourth-order valence-corrected chi connectivity index (χ4v) is 6.63. The van der Waals surface area contributed by atoms with Crippen molar-refractivity contribution in [1.29, 1.82) is 0 Å². The van der Waals surface area contributed by atoms with Crippen LogP contribution in [0.3, 0.4) is 0 Å².